The van der Waals surface area contributed by atoms with Crippen molar-refractivity contribution >= 4 is 28.2 Å². The number of non-ortho nitro benzene ring substituents is 1. The highest BCUT2D eigenvalue weighted by Crippen LogP contribution is 2.29. The lowest BCUT2D eigenvalue weighted by Crippen LogP contribution is -2.30. The third kappa shape index (κ3) is 3.44. The molecule has 1 heterocycles. The zero-order valence-electron chi connectivity index (χ0n) is 11.6. The van der Waals surface area contributed by atoms with Crippen LogP contribution < -0.4 is 10.6 Å². The third-order valence-corrected chi connectivity index (χ3v) is 2.95. The van der Waals surface area contributed by atoms with Gasteiger partial charge in [-0.2, -0.15) is 0 Å². The average Bonchev–Trinajstić information content (AvgIpc) is 2.50. The van der Waals surface area contributed by atoms with Crippen LogP contribution in [0.25, 0.3) is 10.9 Å². The summed E-state index contributed by atoms with van der Waals surface area (Å²) in [6.45, 7) is 2.70. The van der Waals surface area contributed by atoms with Crippen LogP contribution in [-0.2, 0) is 4.79 Å². The summed E-state index contributed by atoms with van der Waals surface area (Å²) in [5, 5.41) is 17.2. The minimum absolute atomic E-state index is 0.000848. The molecule has 110 valence electrons. The number of carbonyl (C=O) groups is 1. The van der Waals surface area contributed by atoms with Crippen molar-refractivity contribution in [2.75, 3.05) is 18.4 Å². The largest absolute Gasteiger partial charge is 0.374 e. The minimum Gasteiger partial charge on any atom is -0.374 e. The van der Waals surface area contributed by atoms with Crippen molar-refractivity contribution in [3.63, 3.8) is 0 Å². The van der Waals surface area contributed by atoms with Crippen molar-refractivity contribution in [3.05, 3.63) is 40.6 Å². The van der Waals surface area contributed by atoms with E-state index in [2.05, 4.69) is 15.6 Å². The molecular weight excluding hydrogens is 272 g/mol. The molecule has 0 aliphatic heterocycles. The molecule has 1 aromatic carbocycles. The van der Waals surface area contributed by atoms with Crippen LogP contribution in [0.3, 0.4) is 0 Å². The predicted molar refractivity (Wildman–Crippen MR) is 80.2 cm³/mol. The van der Waals surface area contributed by atoms with Gasteiger partial charge in [0.2, 0.25) is 5.91 Å². The molecule has 0 radical (unpaired) electrons. The molecule has 0 bridgehead atoms. The normalized spacial score (nSPS) is 10.3. The Balaban J connectivity index is 2.23. The number of fused-ring (bicyclic) bond motifs is 1. The Kier molecular flexibility index (Phi) is 4.65. The van der Waals surface area contributed by atoms with E-state index in [4.69, 9.17) is 0 Å². The Morgan fingerprint density at radius 2 is 2.19 bits per heavy atom. The second-order valence-electron chi connectivity index (χ2n) is 4.49. The van der Waals surface area contributed by atoms with Gasteiger partial charge < -0.3 is 10.6 Å². The van der Waals surface area contributed by atoms with Gasteiger partial charge in [-0.15, -0.1) is 0 Å². The number of nitro benzene ring substituents is 1. The Morgan fingerprint density at radius 3 is 2.90 bits per heavy atom. The fraction of sp³-hybridized carbons (Fsp3) is 0.286. The third-order valence-electron chi connectivity index (χ3n) is 2.95. The van der Waals surface area contributed by atoms with Crippen molar-refractivity contribution in [2.24, 2.45) is 0 Å². The Hall–Kier alpha value is -2.70. The van der Waals surface area contributed by atoms with Crippen LogP contribution in [-0.4, -0.2) is 28.9 Å². The number of pyridine rings is 1. The van der Waals surface area contributed by atoms with Gasteiger partial charge in [-0.25, -0.2) is 0 Å². The van der Waals surface area contributed by atoms with Gasteiger partial charge in [-0.05, 0) is 24.6 Å². The zero-order chi connectivity index (χ0) is 15.2. The highest BCUT2D eigenvalue weighted by Gasteiger charge is 2.15. The van der Waals surface area contributed by atoms with Gasteiger partial charge in [-0.1, -0.05) is 6.92 Å². The van der Waals surface area contributed by atoms with E-state index < -0.39 is 4.92 Å². The van der Waals surface area contributed by atoms with E-state index in [1.54, 1.807) is 24.4 Å². The van der Waals surface area contributed by atoms with E-state index in [-0.39, 0.29) is 18.1 Å². The second kappa shape index (κ2) is 6.65. The maximum absolute atomic E-state index is 11.6. The van der Waals surface area contributed by atoms with Crippen molar-refractivity contribution in [1.29, 1.82) is 0 Å². The van der Waals surface area contributed by atoms with Crippen LogP contribution in [0.5, 0.6) is 0 Å². The second-order valence-corrected chi connectivity index (χ2v) is 4.49. The van der Waals surface area contributed by atoms with Crippen molar-refractivity contribution in [3.8, 4) is 0 Å². The highest BCUT2D eigenvalue weighted by molar-refractivity contribution is 5.97. The topological polar surface area (TPSA) is 97.2 Å². The van der Waals surface area contributed by atoms with Crippen LogP contribution >= 0.6 is 0 Å². The molecule has 0 unspecified atom stereocenters. The summed E-state index contributed by atoms with van der Waals surface area (Å²) in [5.41, 5.74) is 1.08. The molecular formula is C14H16N4O3. The number of aromatic nitrogens is 1. The lowest BCUT2D eigenvalue weighted by Gasteiger charge is -2.09. The van der Waals surface area contributed by atoms with Gasteiger partial charge in [-0.3, -0.25) is 19.9 Å². The number of anilines is 1. The summed E-state index contributed by atoms with van der Waals surface area (Å²) in [4.78, 5) is 26.3. The van der Waals surface area contributed by atoms with Gasteiger partial charge >= 0.3 is 0 Å². The molecule has 0 aliphatic carbocycles. The van der Waals surface area contributed by atoms with Crippen LogP contribution in [0.15, 0.2) is 30.5 Å². The fourth-order valence-corrected chi connectivity index (χ4v) is 1.96. The first kappa shape index (κ1) is 14.7. The highest BCUT2D eigenvalue weighted by atomic mass is 16.6. The minimum atomic E-state index is -0.443. The molecule has 1 aromatic heterocycles. The van der Waals surface area contributed by atoms with E-state index in [0.29, 0.717) is 23.1 Å². The SMILES string of the molecule is CCCNC(=O)CNc1ccc([N+](=O)[O-])c2cccnc12. The van der Waals surface area contributed by atoms with Crippen molar-refractivity contribution in [2.45, 2.75) is 13.3 Å². The summed E-state index contributed by atoms with van der Waals surface area (Å²) in [5.74, 6) is -0.126. The van der Waals surface area contributed by atoms with Gasteiger partial charge in [0.05, 0.1) is 22.5 Å². The van der Waals surface area contributed by atoms with Crippen molar-refractivity contribution < 1.29 is 9.72 Å². The predicted octanol–water partition coefficient (Wildman–Crippen LogP) is 2.08. The summed E-state index contributed by atoms with van der Waals surface area (Å²) in [6, 6.07) is 6.27. The molecule has 0 atom stereocenters. The number of hydrogen-bond acceptors (Lipinski definition) is 5. The maximum Gasteiger partial charge on any atom is 0.278 e. The van der Waals surface area contributed by atoms with E-state index in [1.165, 1.54) is 6.07 Å². The first-order valence-corrected chi connectivity index (χ1v) is 6.66. The molecule has 1 amide bonds. The molecule has 21 heavy (non-hydrogen) atoms. The number of rotatable bonds is 6. The zero-order valence-corrected chi connectivity index (χ0v) is 11.6. The Labute approximate surface area is 121 Å². The molecule has 0 spiro atoms. The molecule has 2 aromatic rings. The Morgan fingerprint density at radius 1 is 1.38 bits per heavy atom. The van der Waals surface area contributed by atoms with E-state index in [9.17, 15) is 14.9 Å². The quantitative estimate of drug-likeness (QED) is 0.626. The van der Waals surface area contributed by atoms with E-state index in [0.717, 1.165) is 6.42 Å². The molecule has 0 fully saturated rings. The summed E-state index contributed by atoms with van der Waals surface area (Å²) in [6.07, 6.45) is 2.43. The van der Waals surface area contributed by atoms with E-state index in [1.807, 2.05) is 6.92 Å². The Bertz CT molecular complexity index is 672. The molecule has 0 saturated heterocycles. The maximum atomic E-state index is 11.6. The van der Waals surface area contributed by atoms with Crippen LogP contribution in [0, 0.1) is 10.1 Å². The fourth-order valence-electron chi connectivity index (χ4n) is 1.96. The lowest BCUT2D eigenvalue weighted by molar-refractivity contribution is -0.383. The van der Waals surface area contributed by atoms with Gasteiger partial charge in [0.15, 0.2) is 0 Å². The number of nitro groups is 1. The number of amides is 1. The molecule has 0 aliphatic rings. The first-order valence-electron chi connectivity index (χ1n) is 6.66. The molecule has 2 rings (SSSR count). The lowest BCUT2D eigenvalue weighted by atomic mass is 10.1. The first-order chi connectivity index (χ1) is 10.1. The van der Waals surface area contributed by atoms with Gasteiger partial charge in [0.1, 0.15) is 5.52 Å². The summed E-state index contributed by atoms with van der Waals surface area (Å²) < 4.78 is 0. The summed E-state index contributed by atoms with van der Waals surface area (Å²) >= 11 is 0. The van der Waals surface area contributed by atoms with E-state index >= 15 is 0 Å². The van der Waals surface area contributed by atoms with Gasteiger partial charge in [0, 0.05) is 18.8 Å². The molecule has 7 heteroatoms. The standard InChI is InChI=1S/C14H16N4O3/c1-2-7-15-13(19)9-17-11-5-6-12(18(20)21)10-4-3-8-16-14(10)11/h3-6,8,17H,2,7,9H2,1H3,(H,15,19). The molecule has 0 saturated carbocycles. The number of nitrogens with zero attached hydrogens (tertiary/aromatic N) is 2. The summed E-state index contributed by atoms with van der Waals surface area (Å²) in [7, 11) is 0. The molecule has 7 nitrogen and oxygen atoms in total. The average molecular weight is 288 g/mol. The smallest absolute Gasteiger partial charge is 0.278 e. The van der Waals surface area contributed by atoms with Crippen molar-refractivity contribution in [1.82, 2.24) is 10.3 Å². The number of benzene rings is 1. The van der Waals surface area contributed by atoms with Crippen LogP contribution in [0.4, 0.5) is 11.4 Å². The van der Waals surface area contributed by atoms with Crippen LogP contribution in [0.2, 0.25) is 0 Å². The van der Waals surface area contributed by atoms with Gasteiger partial charge in [0.25, 0.3) is 5.69 Å². The monoisotopic (exact) mass is 288 g/mol. The number of hydrogen-bond donors (Lipinski definition) is 2. The number of carbonyl (C=O) groups excluding carboxylic acids is 1. The number of nitrogens with one attached hydrogen (secondary N) is 2. The van der Waals surface area contributed by atoms with Crippen LogP contribution in [0.1, 0.15) is 13.3 Å². The molecule has 2 N–H and O–H groups in total.